The Kier molecular flexibility index (Phi) is 3.84. The van der Waals surface area contributed by atoms with Gasteiger partial charge in [0.1, 0.15) is 11.6 Å². The van der Waals surface area contributed by atoms with Crippen LogP contribution in [0.2, 0.25) is 0 Å². The van der Waals surface area contributed by atoms with Gasteiger partial charge in [-0.2, -0.15) is 0 Å². The zero-order valence-electron chi connectivity index (χ0n) is 12.4. The summed E-state index contributed by atoms with van der Waals surface area (Å²) in [5.41, 5.74) is 0.350. The van der Waals surface area contributed by atoms with E-state index in [0.29, 0.717) is 36.4 Å². The Morgan fingerprint density at radius 3 is 2.55 bits per heavy atom. The van der Waals surface area contributed by atoms with Crippen molar-refractivity contribution < 1.29 is 13.9 Å². The van der Waals surface area contributed by atoms with Gasteiger partial charge < -0.3 is 10.1 Å². The maximum atomic E-state index is 14.0. The highest BCUT2D eigenvalue weighted by Gasteiger charge is 2.52. The number of carbonyl (C=O) groups is 1. The Bertz CT molecular complexity index is 695. The summed E-state index contributed by atoms with van der Waals surface area (Å²) in [4.78, 5) is 12.7. The van der Waals surface area contributed by atoms with Crippen molar-refractivity contribution in [3.63, 3.8) is 0 Å². The average Bonchev–Trinajstić information content (AvgIpc) is 3.31. The molecule has 3 rings (SSSR count). The zero-order chi connectivity index (χ0) is 15.6. The smallest absolute Gasteiger partial charge is 0.235 e. The number of hydrogen-bond acceptors (Lipinski definition) is 2. The fraction of sp³-hybridized carbons (Fsp3) is 0.278. The van der Waals surface area contributed by atoms with Crippen LogP contribution in [-0.2, 0) is 10.2 Å². The normalized spacial score (nSPS) is 15.2. The van der Waals surface area contributed by atoms with Crippen molar-refractivity contribution in [2.24, 2.45) is 0 Å². The van der Waals surface area contributed by atoms with E-state index < -0.39 is 5.41 Å². The van der Waals surface area contributed by atoms with Crippen molar-refractivity contribution in [3.8, 4) is 5.75 Å². The molecule has 1 aliphatic carbocycles. The summed E-state index contributed by atoms with van der Waals surface area (Å²) in [6, 6.07) is 13.8. The van der Waals surface area contributed by atoms with Crippen LogP contribution in [0.15, 0.2) is 48.5 Å². The van der Waals surface area contributed by atoms with Gasteiger partial charge in [0.15, 0.2) is 0 Å². The van der Waals surface area contributed by atoms with Crippen LogP contribution in [0.25, 0.3) is 0 Å². The topological polar surface area (TPSA) is 38.3 Å². The molecule has 2 aromatic carbocycles. The molecule has 0 atom stereocenters. The summed E-state index contributed by atoms with van der Waals surface area (Å²) in [5.74, 6) is 0.126. The number of hydrogen-bond donors (Lipinski definition) is 1. The first-order valence-electron chi connectivity index (χ1n) is 7.45. The average molecular weight is 299 g/mol. The van der Waals surface area contributed by atoms with Gasteiger partial charge in [-0.3, -0.25) is 4.79 Å². The van der Waals surface area contributed by atoms with Crippen LogP contribution in [-0.4, -0.2) is 12.5 Å². The molecule has 0 radical (unpaired) electrons. The van der Waals surface area contributed by atoms with Crippen molar-refractivity contribution in [1.29, 1.82) is 0 Å². The standard InChI is InChI=1S/C18H18FNO2/c1-2-22-16-10-6-5-9-15(16)20-17(21)18(11-12-18)13-7-3-4-8-14(13)19/h3-10H,2,11-12H2,1H3,(H,20,21). The second kappa shape index (κ2) is 5.79. The zero-order valence-corrected chi connectivity index (χ0v) is 12.4. The number of carbonyl (C=O) groups excluding carboxylic acids is 1. The van der Waals surface area contributed by atoms with E-state index >= 15 is 0 Å². The van der Waals surface area contributed by atoms with Gasteiger partial charge >= 0.3 is 0 Å². The molecule has 0 unspecified atom stereocenters. The van der Waals surface area contributed by atoms with Crippen molar-refractivity contribution in [3.05, 3.63) is 59.9 Å². The monoisotopic (exact) mass is 299 g/mol. The van der Waals surface area contributed by atoms with E-state index in [1.54, 1.807) is 24.3 Å². The first-order chi connectivity index (χ1) is 10.7. The number of rotatable bonds is 5. The number of para-hydroxylation sites is 2. The summed E-state index contributed by atoms with van der Waals surface area (Å²) < 4.78 is 19.5. The fourth-order valence-corrected chi connectivity index (χ4v) is 2.69. The Morgan fingerprint density at radius 1 is 1.18 bits per heavy atom. The van der Waals surface area contributed by atoms with E-state index in [4.69, 9.17) is 4.74 Å². The lowest BCUT2D eigenvalue weighted by atomic mass is 9.94. The van der Waals surface area contributed by atoms with Crippen LogP contribution >= 0.6 is 0 Å². The van der Waals surface area contributed by atoms with Crippen molar-refractivity contribution in [2.45, 2.75) is 25.2 Å². The second-order valence-corrected chi connectivity index (χ2v) is 5.45. The molecule has 0 heterocycles. The van der Waals surface area contributed by atoms with Crippen LogP contribution < -0.4 is 10.1 Å². The van der Waals surface area contributed by atoms with Gasteiger partial charge in [-0.05, 0) is 38.0 Å². The third-order valence-electron chi connectivity index (χ3n) is 4.01. The van der Waals surface area contributed by atoms with Crippen LogP contribution in [0.3, 0.4) is 0 Å². The molecule has 2 aromatic rings. The number of benzene rings is 2. The number of ether oxygens (including phenoxy) is 1. The predicted octanol–water partition coefficient (Wildman–Crippen LogP) is 3.89. The number of anilines is 1. The molecule has 1 amide bonds. The molecule has 0 aromatic heterocycles. The minimum Gasteiger partial charge on any atom is -0.492 e. The second-order valence-electron chi connectivity index (χ2n) is 5.45. The molecule has 0 saturated heterocycles. The quantitative estimate of drug-likeness (QED) is 0.909. The van der Waals surface area contributed by atoms with Crippen molar-refractivity contribution >= 4 is 11.6 Å². The molecule has 1 N–H and O–H groups in total. The molecule has 0 aliphatic heterocycles. The first-order valence-corrected chi connectivity index (χ1v) is 7.45. The summed E-state index contributed by atoms with van der Waals surface area (Å²) in [7, 11) is 0. The molecule has 4 heteroatoms. The highest BCUT2D eigenvalue weighted by Crippen LogP contribution is 2.50. The summed E-state index contributed by atoms with van der Waals surface area (Å²) >= 11 is 0. The lowest BCUT2D eigenvalue weighted by Gasteiger charge is -2.18. The lowest BCUT2D eigenvalue weighted by molar-refractivity contribution is -0.118. The third kappa shape index (κ3) is 2.56. The Morgan fingerprint density at radius 2 is 1.86 bits per heavy atom. The summed E-state index contributed by atoms with van der Waals surface area (Å²) in [6.07, 6.45) is 1.33. The number of halogens is 1. The van der Waals surface area contributed by atoms with Crippen LogP contribution in [0.5, 0.6) is 5.75 Å². The maximum Gasteiger partial charge on any atom is 0.235 e. The highest BCUT2D eigenvalue weighted by atomic mass is 19.1. The van der Waals surface area contributed by atoms with Gasteiger partial charge in [0, 0.05) is 5.56 Å². The van der Waals surface area contributed by atoms with Crippen LogP contribution in [0, 0.1) is 5.82 Å². The van der Waals surface area contributed by atoms with Gasteiger partial charge in [0.05, 0.1) is 17.7 Å². The fourth-order valence-electron chi connectivity index (χ4n) is 2.69. The molecule has 0 bridgehead atoms. The van der Waals surface area contributed by atoms with E-state index in [9.17, 15) is 9.18 Å². The largest absolute Gasteiger partial charge is 0.492 e. The minimum atomic E-state index is -0.745. The van der Waals surface area contributed by atoms with Gasteiger partial charge in [-0.25, -0.2) is 4.39 Å². The summed E-state index contributed by atoms with van der Waals surface area (Å²) in [5, 5.41) is 2.89. The first kappa shape index (κ1) is 14.6. The van der Waals surface area contributed by atoms with Crippen molar-refractivity contribution in [1.82, 2.24) is 0 Å². The lowest BCUT2D eigenvalue weighted by Crippen LogP contribution is -2.28. The molecule has 0 spiro atoms. The Balaban J connectivity index is 1.85. The van der Waals surface area contributed by atoms with E-state index in [0.717, 1.165) is 0 Å². The summed E-state index contributed by atoms with van der Waals surface area (Å²) in [6.45, 7) is 2.41. The number of amides is 1. The molecular weight excluding hydrogens is 281 g/mol. The molecule has 1 aliphatic rings. The molecular formula is C18H18FNO2. The molecule has 1 fully saturated rings. The van der Waals surface area contributed by atoms with E-state index in [1.165, 1.54) is 6.07 Å². The predicted molar refractivity (Wildman–Crippen MR) is 83.6 cm³/mol. The number of nitrogens with one attached hydrogen (secondary N) is 1. The van der Waals surface area contributed by atoms with Gasteiger partial charge in [-0.1, -0.05) is 30.3 Å². The third-order valence-corrected chi connectivity index (χ3v) is 4.01. The van der Waals surface area contributed by atoms with Gasteiger partial charge in [0.25, 0.3) is 0 Å². The molecule has 114 valence electrons. The minimum absolute atomic E-state index is 0.176. The van der Waals surface area contributed by atoms with Gasteiger partial charge in [-0.15, -0.1) is 0 Å². The molecule has 3 nitrogen and oxygen atoms in total. The molecule has 1 saturated carbocycles. The van der Waals surface area contributed by atoms with Gasteiger partial charge in [0.2, 0.25) is 5.91 Å². The SMILES string of the molecule is CCOc1ccccc1NC(=O)C1(c2ccccc2F)CC1. The highest BCUT2D eigenvalue weighted by molar-refractivity contribution is 6.02. The van der Waals surface area contributed by atoms with Crippen molar-refractivity contribution in [2.75, 3.05) is 11.9 Å². The van der Waals surface area contributed by atoms with E-state index in [-0.39, 0.29) is 11.7 Å². The Labute approximate surface area is 129 Å². The van der Waals surface area contributed by atoms with E-state index in [1.807, 2.05) is 25.1 Å². The van der Waals surface area contributed by atoms with Crippen LogP contribution in [0.1, 0.15) is 25.3 Å². The molecule has 22 heavy (non-hydrogen) atoms. The Hall–Kier alpha value is -2.36. The maximum absolute atomic E-state index is 14.0. The van der Waals surface area contributed by atoms with Crippen LogP contribution in [0.4, 0.5) is 10.1 Å². The van der Waals surface area contributed by atoms with E-state index in [2.05, 4.69) is 5.32 Å².